The van der Waals surface area contributed by atoms with Gasteiger partial charge in [0.1, 0.15) is 48.3 Å². The number of rotatable bonds is 32. The number of likely N-dealkylation sites (tertiary alicyclic amines) is 1. The molecule has 18 N–H and O–H groups in total. The molecule has 28 heteroatoms. The zero-order valence-corrected chi connectivity index (χ0v) is 42.6. The molecule has 1 aromatic heterocycles. The first-order chi connectivity index (χ1) is 33.9. The van der Waals surface area contributed by atoms with Gasteiger partial charge in [0, 0.05) is 37.8 Å². The number of carboxylic acids is 1. The van der Waals surface area contributed by atoms with Gasteiger partial charge in [-0.05, 0) is 69.3 Å². The highest BCUT2D eigenvalue weighted by Crippen LogP contribution is 2.20. The summed E-state index contributed by atoms with van der Waals surface area (Å²) in [5.41, 5.74) is 22.5. The zero-order chi connectivity index (χ0) is 54.2. The Morgan fingerprint density at radius 2 is 1.43 bits per heavy atom. The number of hydrogen-bond acceptors (Lipinski definition) is 15. The molecule has 27 nitrogen and oxygen atoms in total. The van der Waals surface area contributed by atoms with Crippen LogP contribution >= 0.6 is 11.8 Å². The van der Waals surface area contributed by atoms with E-state index in [4.69, 9.17) is 22.9 Å². The van der Waals surface area contributed by atoms with E-state index in [1.54, 1.807) is 27.7 Å². The largest absolute Gasteiger partial charge is 0.480 e. The van der Waals surface area contributed by atoms with E-state index in [-0.39, 0.29) is 57.6 Å². The van der Waals surface area contributed by atoms with E-state index < -0.39 is 132 Å². The second kappa shape index (κ2) is 31.0. The van der Waals surface area contributed by atoms with Crippen molar-refractivity contribution in [3.63, 3.8) is 0 Å². The molecule has 1 aromatic rings. The molecule has 2 rings (SSSR count). The lowest BCUT2D eigenvalue weighted by atomic mass is 9.97. The van der Waals surface area contributed by atoms with Gasteiger partial charge in [0.2, 0.25) is 53.2 Å². The first-order valence-corrected chi connectivity index (χ1v) is 25.2. The van der Waals surface area contributed by atoms with Gasteiger partial charge in [-0.15, -0.1) is 0 Å². The molecule has 72 heavy (non-hydrogen) atoms. The van der Waals surface area contributed by atoms with E-state index in [1.807, 2.05) is 6.26 Å². The van der Waals surface area contributed by atoms with Crippen molar-refractivity contribution in [1.29, 1.82) is 0 Å². The van der Waals surface area contributed by atoms with Crippen molar-refractivity contribution in [2.75, 3.05) is 31.7 Å². The van der Waals surface area contributed by atoms with Crippen LogP contribution in [-0.2, 0) is 54.4 Å². The maximum atomic E-state index is 14.0. The molecule has 10 atom stereocenters. The number of guanidine groups is 1. The molecule has 0 radical (unpaired) electrons. The minimum atomic E-state index is -1.58. The van der Waals surface area contributed by atoms with Gasteiger partial charge >= 0.3 is 5.97 Å². The topological polar surface area (TPSA) is 444 Å². The normalized spacial score (nSPS) is 17.0. The van der Waals surface area contributed by atoms with E-state index in [2.05, 4.69) is 52.2 Å². The molecule has 2 heterocycles. The van der Waals surface area contributed by atoms with E-state index in [9.17, 15) is 58.2 Å². The number of aromatic amines is 1. The lowest BCUT2D eigenvalue weighted by molar-refractivity contribution is -0.145. The molecule has 1 saturated heterocycles. The zero-order valence-electron chi connectivity index (χ0n) is 41.7. The number of H-pyrrole nitrogens is 1. The number of thioether (sulfide) groups is 1. The molecule has 404 valence electrons. The highest BCUT2D eigenvalue weighted by Gasteiger charge is 2.40. The van der Waals surface area contributed by atoms with Crippen LogP contribution in [0.15, 0.2) is 17.5 Å². The quantitative estimate of drug-likeness (QED) is 0.0184. The summed E-state index contributed by atoms with van der Waals surface area (Å²) in [4.78, 5) is 145. The lowest BCUT2D eigenvalue weighted by Crippen LogP contribution is -2.61. The van der Waals surface area contributed by atoms with Crippen LogP contribution in [0.2, 0.25) is 0 Å². The molecule has 1 fully saturated rings. The molecule has 0 aromatic carbocycles. The Morgan fingerprint density at radius 1 is 0.806 bits per heavy atom. The summed E-state index contributed by atoms with van der Waals surface area (Å²) in [5, 5.41) is 37.8. The number of carbonyl (C=O) groups excluding carboxylic acids is 9. The molecule has 0 saturated carbocycles. The fourth-order valence-electron chi connectivity index (χ4n) is 7.42. The number of carbonyl (C=O) groups is 10. The van der Waals surface area contributed by atoms with Crippen LogP contribution in [0.1, 0.15) is 91.7 Å². The van der Waals surface area contributed by atoms with Gasteiger partial charge in [0.25, 0.3) is 0 Å². The average Bonchev–Trinajstić information content (AvgIpc) is 4.05. The molecular weight excluding hydrogens is 963 g/mol. The van der Waals surface area contributed by atoms with Gasteiger partial charge in [-0.3, -0.25) is 48.1 Å². The number of aliphatic hydroxyl groups excluding tert-OH is 1. The Hall–Kier alpha value is -6.55. The molecule has 0 aliphatic carbocycles. The van der Waals surface area contributed by atoms with Crippen molar-refractivity contribution >= 4 is 76.9 Å². The van der Waals surface area contributed by atoms with Crippen LogP contribution in [-0.4, -0.2) is 176 Å². The number of aliphatic imine (C=N–C) groups is 1. The number of nitrogens with zero attached hydrogens (tertiary/aromatic N) is 3. The summed E-state index contributed by atoms with van der Waals surface area (Å²) >= 11 is 1.50. The summed E-state index contributed by atoms with van der Waals surface area (Å²) in [6, 6.07) is -11.6. The molecular formula is C44H75N15O12S. The number of imidazole rings is 1. The van der Waals surface area contributed by atoms with Crippen LogP contribution < -0.4 is 60.2 Å². The van der Waals surface area contributed by atoms with Gasteiger partial charge in [-0.25, -0.2) is 9.78 Å². The number of aliphatic carboxylic acids is 1. The van der Waals surface area contributed by atoms with Gasteiger partial charge < -0.3 is 80.2 Å². The third-order valence-electron chi connectivity index (χ3n) is 11.9. The number of nitrogens with one attached hydrogen (secondary N) is 8. The molecule has 0 bridgehead atoms. The standard InChI is InChI=1S/C44H75N15O12S/c1-7-23(4)34(41(68)56-30(20-60)42(69)59-16-9-11-31(59)39(66)54-28(43(70)71)10-8-15-50-44(47)48)58-35(62)24(5)52-37(64)27(12-13-32(46)61)53-38(65)29(18-25-19-49-21-51-25)55-40(67)33(22(2)3)57-36(63)26(45)14-17-72-6/h19,21-24,26-31,33-34,60H,7-18,20,45H2,1-6H3,(H2,46,61)(H,49,51)(H,52,64)(H,53,65)(H,54,66)(H,55,67)(H,56,68)(H,57,63)(H,58,62)(H,70,71)(H4,47,48,50)/t23-,24-,26-,27-,28-,29-,30-,31-,33-,34-/m0/s1. The summed E-state index contributed by atoms with van der Waals surface area (Å²) in [6.45, 7) is 7.30. The van der Waals surface area contributed by atoms with Crippen LogP contribution in [0.5, 0.6) is 0 Å². The second-order valence-corrected chi connectivity index (χ2v) is 18.9. The fraction of sp³-hybridized carbons (Fsp3) is 0.682. The average molecular weight is 1040 g/mol. The Morgan fingerprint density at radius 3 is 2.00 bits per heavy atom. The van der Waals surface area contributed by atoms with Crippen molar-refractivity contribution in [3.05, 3.63) is 18.2 Å². The third kappa shape index (κ3) is 20.3. The number of amides is 9. The lowest BCUT2D eigenvalue weighted by Gasteiger charge is -2.31. The maximum Gasteiger partial charge on any atom is 0.326 e. The Bertz CT molecular complexity index is 2040. The first-order valence-electron chi connectivity index (χ1n) is 23.8. The van der Waals surface area contributed by atoms with Crippen LogP contribution in [0.25, 0.3) is 0 Å². The SMILES string of the molecule is CC[C@H](C)[C@H](NC(=O)[C@H](C)NC(=O)[C@H](CCC(N)=O)NC(=O)[C@H](Cc1cnc[nH]1)NC(=O)[C@@H](NC(=O)[C@@H](N)CCSC)C(C)C)C(=O)N[C@@H](CO)C(=O)N1CCC[C@H]1C(=O)N[C@@H](CCCN=C(N)N)C(=O)O. The molecule has 1 aliphatic heterocycles. The van der Waals surface area contributed by atoms with Crippen molar-refractivity contribution in [1.82, 2.24) is 52.1 Å². The monoisotopic (exact) mass is 1040 g/mol. The third-order valence-corrected chi connectivity index (χ3v) is 12.5. The van der Waals surface area contributed by atoms with Crippen molar-refractivity contribution < 1.29 is 58.2 Å². The van der Waals surface area contributed by atoms with Crippen molar-refractivity contribution in [3.8, 4) is 0 Å². The molecule has 1 aliphatic rings. The minimum Gasteiger partial charge on any atom is -0.480 e. The van der Waals surface area contributed by atoms with Crippen molar-refractivity contribution in [2.45, 2.75) is 147 Å². The second-order valence-electron chi connectivity index (χ2n) is 17.9. The summed E-state index contributed by atoms with van der Waals surface area (Å²) < 4.78 is 0. The van der Waals surface area contributed by atoms with Gasteiger partial charge in [0.05, 0.1) is 19.0 Å². The number of primary amides is 1. The first kappa shape index (κ1) is 61.6. The highest BCUT2D eigenvalue weighted by atomic mass is 32.2. The molecule has 9 amide bonds. The highest BCUT2D eigenvalue weighted by molar-refractivity contribution is 7.98. The fourth-order valence-corrected chi connectivity index (χ4v) is 7.91. The van der Waals surface area contributed by atoms with Gasteiger partial charge in [-0.2, -0.15) is 11.8 Å². The Kier molecular flexibility index (Phi) is 26.5. The van der Waals surface area contributed by atoms with E-state index in [1.165, 1.54) is 31.2 Å². The van der Waals surface area contributed by atoms with E-state index in [0.29, 0.717) is 30.7 Å². The molecule has 0 spiro atoms. The number of carboxylic acid groups (broad SMARTS) is 1. The van der Waals surface area contributed by atoms with Gasteiger partial charge in [-0.1, -0.05) is 34.1 Å². The maximum absolute atomic E-state index is 14.0. The number of aliphatic hydroxyl groups is 1. The van der Waals surface area contributed by atoms with E-state index >= 15 is 0 Å². The predicted octanol–water partition coefficient (Wildman–Crippen LogP) is -4.46. The number of aromatic nitrogens is 2. The summed E-state index contributed by atoms with van der Waals surface area (Å²) in [6.07, 6.45) is 5.18. The summed E-state index contributed by atoms with van der Waals surface area (Å²) in [5.74, 6) is -9.19. The predicted molar refractivity (Wildman–Crippen MR) is 265 cm³/mol. The molecule has 0 unspecified atom stereocenters. The van der Waals surface area contributed by atoms with Crippen molar-refractivity contribution in [2.24, 2.45) is 39.8 Å². The van der Waals surface area contributed by atoms with Crippen LogP contribution in [0.3, 0.4) is 0 Å². The number of hydrogen-bond donors (Lipinski definition) is 14. The van der Waals surface area contributed by atoms with Gasteiger partial charge in [0.15, 0.2) is 5.96 Å². The Balaban J connectivity index is 2.24. The van der Waals surface area contributed by atoms with Crippen LogP contribution in [0.4, 0.5) is 0 Å². The smallest absolute Gasteiger partial charge is 0.326 e. The summed E-state index contributed by atoms with van der Waals surface area (Å²) in [7, 11) is 0. The van der Waals surface area contributed by atoms with Crippen LogP contribution in [0, 0.1) is 11.8 Å². The Labute approximate surface area is 422 Å². The number of nitrogens with two attached hydrogens (primary N) is 4. The minimum absolute atomic E-state index is 0.0154. The van der Waals surface area contributed by atoms with E-state index in [0.717, 1.165) is 4.90 Å².